The summed E-state index contributed by atoms with van der Waals surface area (Å²) in [5, 5.41) is 35.3. The van der Waals surface area contributed by atoms with Gasteiger partial charge in [-0.05, 0) is 50.3 Å². The molecule has 0 saturated carbocycles. The van der Waals surface area contributed by atoms with Crippen molar-refractivity contribution < 1.29 is 24.9 Å². The number of benzene rings is 3. The van der Waals surface area contributed by atoms with Crippen LogP contribution in [0, 0.1) is 0 Å². The van der Waals surface area contributed by atoms with Crippen LogP contribution in [0.5, 0.6) is 5.75 Å². The van der Waals surface area contributed by atoms with Crippen LogP contribution in [0.1, 0.15) is 81.4 Å². The molecular weight excluding hydrogens is 478 g/mol. The monoisotopic (exact) mass is 517 g/mol. The number of aromatic hydroxyl groups is 1. The predicted octanol–water partition coefficient (Wildman–Crippen LogP) is 5.92. The van der Waals surface area contributed by atoms with Crippen LogP contribution >= 0.6 is 0 Å². The van der Waals surface area contributed by atoms with Crippen molar-refractivity contribution in [2.75, 3.05) is 13.2 Å². The smallest absolute Gasteiger partial charge is 0.407 e. The number of phenolic OH excluding ortho intramolecular Hbond substituents is 1. The maximum Gasteiger partial charge on any atom is 0.407 e. The molecule has 38 heavy (non-hydrogen) atoms. The fourth-order valence-corrected chi connectivity index (χ4v) is 5.04. The molecule has 6 heteroatoms. The normalized spacial score (nSPS) is 14.9. The highest BCUT2D eigenvalue weighted by atomic mass is 16.5. The number of carbonyl (C=O) groups excluding carboxylic acids is 1. The van der Waals surface area contributed by atoms with E-state index in [0.717, 1.165) is 27.8 Å². The third-order valence-electron chi connectivity index (χ3n) is 7.30. The minimum Gasteiger partial charge on any atom is -0.507 e. The van der Waals surface area contributed by atoms with Crippen molar-refractivity contribution in [1.82, 2.24) is 5.32 Å². The van der Waals surface area contributed by atoms with Gasteiger partial charge in [0.2, 0.25) is 0 Å². The quantitative estimate of drug-likeness (QED) is 0.325. The Morgan fingerprint density at radius 3 is 1.97 bits per heavy atom. The lowest BCUT2D eigenvalue weighted by atomic mass is 9.78. The molecule has 1 aliphatic carbocycles. The van der Waals surface area contributed by atoms with Crippen LogP contribution in [-0.4, -0.2) is 40.7 Å². The van der Waals surface area contributed by atoms with Crippen LogP contribution in [0.2, 0.25) is 0 Å². The average Bonchev–Trinajstić information content (AvgIpc) is 3.18. The molecule has 0 heterocycles. The fraction of sp³-hybridized carbons (Fsp3) is 0.406. The Balaban J connectivity index is 1.43. The van der Waals surface area contributed by atoms with Crippen molar-refractivity contribution >= 4 is 6.09 Å². The van der Waals surface area contributed by atoms with Gasteiger partial charge in [-0.3, -0.25) is 0 Å². The fourth-order valence-electron chi connectivity index (χ4n) is 5.04. The molecule has 0 radical (unpaired) electrons. The van der Waals surface area contributed by atoms with E-state index in [1.54, 1.807) is 6.07 Å². The van der Waals surface area contributed by atoms with Crippen molar-refractivity contribution in [1.29, 1.82) is 0 Å². The Kier molecular flexibility index (Phi) is 7.60. The van der Waals surface area contributed by atoms with Gasteiger partial charge in [-0.2, -0.15) is 0 Å². The third kappa shape index (κ3) is 5.57. The Labute approximate surface area is 225 Å². The first-order valence-electron chi connectivity index (χ1n) is 13.1. The summed E-state index contributed by atoms with van der Waals surface area (Å²) in [6.07, 6.45) is -3.42. The number of aliphatic hydroxyl groups excluding tert-OH is 2. The van der Waals surface area contributed by atoms with Crippen LogP contribution in [0.25, 0.3) is 11.1 Å². The number of phenols is 1. The van der Waals surface area contributed by atoms with Crippen molar-refractivity contribution in [2.24, 2.45) is 0 Å². The van der Waals surface area contributed by atoms with Gasteiger partial charge in [0, 0.05) is 18.0 Å². The summed E-state index contributed by atoms with van der Waals surface area (Å²) in [4.78, 5) is 12.5. The molecule has 0 aliphatic heterocycles. The standard InChI is InChI=1S/C32H39NO5/c1-31(2,3)19-15-24(28(35)26(16-19)32(4,5)6)29(36)27(34)17-33-30(37)38-18-25-22-13-9-7-11-20(22)21-12-8-10-14-23(21)25/h7-16,25,27,29,34-36H,17-18H2,1-6H3,(H,33,37). The summed E-state index contributed by atoms with van der Waals surface area (Å²) in [5.41, 5.74) is 5.77. The highest BCUT2D eigenvalue weighted by Crippen LogP contribution is 2.44. The average molecular weight is 518 g/mol. The van der Waals surface area contributed by atoms with Gasteiger partial charge >= 0.3 is 6.09 Å². The molecule has 2 unspecified atom stereocenters. The van der Waals surface area contributed by atoms with E-state index in [4.69, 9.17) is 4.74 Å². The highest BCUT2D eigenvalue weighted by Gasteiger charge is 2.31. The van der Waals surface area contributed by atoms with E-state index in [0.29, 0.717) is 5.56 Å². The maximum atomic E-state index is 12.5. The van der Waals surface area contributed by atoms with E-state index < -0.39 is 18.3 Å². The zero-order valence-electron chi connectivity index (χ0n) is 23.1. The number of fused-ring (bicyclic) bond motifs is 3. The number of hydrogen-bond acceptors (Lipinski definition) is 5. The van der Waals surface area contributed by atoms with E-state index in [-0.39, 0.29) is 41.2 Å². The zero-order valence-corrected chi connectivity index (χ0v) is 23.1. The van der Waals surface area contributed by atoms with Crippen LogP contribution in [-0.2, 0) is 15.6 Å². The topological polar surface area (TPSA) is 99.0 Å². The molecule has 0 aromatic heterocycles. The molecule has 0 spiro atoms. The number of rotatable bonds is 6. The SMILES string of the molecule is CC(C)(C)c1cc(C(O)C(O)CNC(=O)OCC2c3ccccc3-c3ccccc32)c(O)c(C(C)(C)C)c1. The summed E-state index contributed by atoms with van der Waals surface area (Å²) in [6, 6.07) is 19.9. The lowest BCUT2D eigenvalue weighted by molar-refractivity contribution is 0.0171. The molecule has 0 fully saturated rings. The van der Waals surface area contributed by atoms with Gasteiger partial charge in [0.05, 0.1) is 0 Å². The van der Waals surface area contributed by atoms with Gasteiger partial charge in [-0.15, -0.1) is 0 Å². The molecular formula is C32H39NO5. The lowest BCUT2D eigenvalue weighted by Crippen LogP contribution is -2.36. The summed E-state index contributed by atoms with van der Waals surface area (Å²) in [7, 11) is 0. The second kappa shape index (κ2) is 10.4. The van der Waals surface area contributed by atoms with Crippen LogP contribution in [0.3, 0.4) is 0 Å². The van der Waals surface area contributed by atoms with Crippen molar-refractivity contribution in [3.63, 3.8) is 0 Å². The van der Waals surface area contributed by atoms with Gasteiger partial charge in [-0.1, -0.05) is 96.1 Å². The number of hydrogen-bond donors (Lipinski definition) is 4. The molecule has 6 nitrogen and oxygen atoms in total. The molecule has 4 rings (SSSR count). The third-order valence-corrected chi connectivity index (χ3v) is 7.30. The number of carbonyl (C=O) groups is 1. The van der Waals surface area contributed by atoms with E-state index in [1.807, 2.05) is 63.2 Å². The minimum atomic E-state index is -1.40. The largest absolute Gasteiger partial charge is 0.507 e. The summed E-state index contributed by atoms with van der Waals surface area (Å²) in [5.74, 6) is -0.116. The van der Waals surface area contributed by atoms with Crippen molar-refractivity contribution in [3.05, 3.63) is 88.5 Å². The first-order valence-corrected chi connectivity index (χ1v) is 13.1. The molecule has 1 aliphatic rings. The Morgan fingerprint density at radius 2 is 1.45 bits per heavy atom. The van der Waals surface area contributed by atoms with Gasteiger partial charge in [-0.25, -0.2) is 4.79 Å². The molecule has 202 valence electrons. The number of alkyl carbamates (subject to hydrolysis) is 1. The second-order valence-corrected chi connectivity index (χ2v) is 12.2. The molecule has 4 N–H and O–H groups in total. The second-order valence-electron chi connectivity index (χ2n) is 12.2. The van der Waals surface area contributed by atoms with Crippen LogP contribution in [0.15, 0.2) is 60.7 Å². The van der Waals surface area contributed by atoms with Crippen molar-refractivity contribution in [3.8, 4) is 16.9 Å². The Hall–Kier alpha value is -3.35. The molecule has 0 bridgehead atoms. The molecule has 3 aromatic rings. The number of nitrogens with one attached hydrogen (secondary N) is 1. The molecule has 2 atom stereocenters. The molecule has 3 aromatic carbocycles. The lowest BCUT2D eigenvalue weighted by Gasteiger charge is -2.29. The van der Waals surface area contributed by atoms with E-state index >= 15 is 0 Å². The van der Waals surface area contributed by atoms with Gasteiger partial charge in [0.25, 0.3) is 0 Å². The summed E-state index contributed by atoms with van der Waals surface area (Å²) in [6.45, 7) is 12.0. The predicted molar refractivity (Wildman–Crippen MR) is 150 cm³/mol. The van der Waals surface area contributed by atoms with Crippen molar-refractivity contribution in [2.45, 2.75) is 70.5 Å². The van der Waals surface area contributed by atoms with E-state index in [9.17, 15) is 20.1 Å². The van der Waals surface area contributed by atoms with Crippen LogP contribution < -0.4 is 5.32 Å². The first-order chi connectivity index (χ1) is 17.8. The van der Waals surface area contributed by atoms with Gasteiger partial charge in [0.1, 0.15) is 24.6 Å². The van der Waals surface area contributed by atoms with E-state index in [2.05, 4.69) is 38.2 Å². The first kappa shape index (κ1) is 27.7. The molecule has 1 amide bonds. The zero-order chi connectivity index (χ0) is 27.8. The summed E-state index contributed by atoms with van der Waals surface area (Å²) >= 11 is 0. The summed E-state index contributed by atoms with van der Waals surface area (Å²) < 4.78 is 5.53. The van der Waals surface area contributed by atoms with Crippen LogP contribution in [0.4, 0.5) is 4.79 Å². The Bertz CT molecular complexity index is 1270. The number of amides is 1. The number of aliphatic hydroxyl groups is 2. The maximum absolute atomic E-state index is 12.5. The molecule has 0 saturated heterocycles. The van der Waals surface area contributed by atoms with E-state index in [1.165, 1.54) is 0 Å². The number of ether oxygens (including phenoxy) is 1. The van der Waals surface area contributed by atoms with Gasteiger partial charge < -0.3 is 25.4 Å². The minimum absolute atomic E-state index is 0.0433. The highest BCUT2D eigenvalue weighted by molar-refractivity contribution is 5.79. The van der Waals surface area contributed by atoms with Gasteiger partial charge in [0.15, 0.2) is 0 Å². The Morgan fingerprint density at radius 1 is 0.895 bits per heavy atom.